The summed E-state index contributed by atoms with van der Waals surface area (Å²) in [6, 6.07) is 4.43. The van der Waals surface area contributed by atoms with Gasteiger partial charge in [-0.2, -0.15) is 0 Å². The van der Waals surface area contributed by atoms with E-state index < -0.39 is 15.8 Å². The molecule has 0 spiro atoms. The SMILES string of the molecule is Cc1ccc(NS(=O)(=O)C2CC2)c(F)c1. The van der Waals surface area contributed by atoms with Crippen molar-refractivity contribution in [2.24, 2.45) is 0 Å². The first-order chi connectivity index (χ1) is 6.99. The van der Waals surface area contributed by atoms with Crippen LogP contribution >= 0.6 is 0 Å². The Morgan fingerprint density at radius 1 is 1.40 bits per heavy atom. The summed E-state index contributed by atoms with van der Waals surface area (Å²) in [6.45, 7) is 1.75. The molecule has 2 rings (SSSR count). The summed E-state index contributed by atoms with van der Waals surface area (Å²) in [7, 11) is -3.37. The molecule has 1 saturated carbocycles. The predicted molar refractivity (Wildman–Crippen MR) is 56.7 cm³/mol. The maximum absolute atomic E-state index is 13.3. The van der Waals surface area contributed by atoms with Crippen molar-refractivity contribution < 1.29 is 12.8 Å². The number of anilines is 1. The fourth-order valence-corrected chi connectivity index (χ4v) is 2.71. The van der Waals surface area contributed by atoms with Crippen LogP contribution in [0.25, 0.3) is 0 Å². The zero-order valence-electron chi connectivity index (χ0n) is 8.33. The summed E-state index contributed by atoms with van der Waals surface area (Å²) >= 11 is 0. The first-order valence-electron chi connectivity index (χ1n) is 4.77. The third-order valence-electron chi connectivity index (χ3n) is 2.34. The zero-order valence-corrected chi connectivity index (χ0v) is 9.14. The summed E-state index contributed by atoms with van der Waals surface area (Å²) in [6.07, 6.45) is 1.34. The Bertz CT molecular complexity index is 480. The number of benzene rings is 1. The highest BCUT2D eigenvalue weighted by Gasteiger charge is 2.36. The molecule has 5 heteroatoms. The van der Waals surface area contributed by atoms with Gasteiger partial charge in [0.05, 0.1) is 10.9 Å². The minimum absolute atomic E-state index is 0.0347. The molecule has 0 aliphatic heterocycles. The maximum Gasteiger partial charge on any atom is 0.235 e. The number of halogens is 1. The lowest BCUT2D eigenvalue weighted by Crippen LogP contribution is -2.18. The van der Waals surface area contributed by atoms with E-state index in [1.807, 2.05) is 0 Å². The average molecular weight is 229 g/mol. The molecule has 0 heterocycles. The Hall–Kier alpha value is -1.10. The molecule has 1 aromatic carbocycles. The molecule has 82 valence electrons. The Morgan fingerprint density at radius 2 is 2.07 bits per heavy atom. The van der Waals surface area contributed by atoms with Crippen molar-refractivity contribution in [1.82, 2.24) is 0 Å². The van der Waals surface area contributed by atoms with Crippen LogP contribution in [0.2, 0.25) is 0 Å². The summed E-state index contributed by atoms with van der Waals surface area (Å²) in [5.41, 5.74) is 0.800. The third-order valence-corrected chi connectivity index (χ3v) is 4.19. The zero-order chi connectivity index (χ0) is 11.1. The monoisotopic (exact) mass is 229 g/mol. The van der Waals surface area contributed by atoms with E-state index in [1.54, 1.807) is 13.0 Å². The maximum atomic E-state index is 13.3. The van der Waals surface area contributed by atoms with Crippen molar-refractivity contribution >= 4 is 15.7 Å². The molecule has 3 nitrogen and oxygen atoms in total. The smallest absolute Gasteiger partial charge is 0.235 e. The molecule has 0 aromatic heterocycles. The summed E-state index contributed by atoms with van der Waals surface area (Å²) in [5.74, 6) is -0.528. The lowest BCUT2D eigenvalue weighted by Gasteiger charge is -2.08. The number of rotatable bonds is 3. The lowest BCUT2D eigenvalue weighted by molar-refractivity contribution is 0.597. The number of sulfonamides is 1. The molecular formula is C10H12FNO2S. The largest absolute Gasteiger partial charge is 0.280 e. The molecule has 1 aromatic rings. The number of hydrogen-bond acceptors (Lipinski definition) is 2. The molecule has 0 saturated heterocycles. The third kappa shape index (κ3) is 2.28. The van der Waals surface area contributed by atoms with E-state index in [0.29, 0.717) is 12.8 Å². The summed E-state index contributed by atoms with van der Waals surface area (Å²) < 4.78 is 38.7. The van der Waals surface area contributed by atoms with Gasteiger partial charge < -0.3 is 0 Å². The van der Waals surface area contributed by atoms with Crippen molar-refractivity contribution in [1.29, 1.82) is 0 Å². The molecule has 0 amide bonds. The highest BCUT2D eigenvalue weighted by Crippen LogP contribution is 2.30. The van der Waals surface area contributed by atoms with Crippen LogP contribution in [0.4, 0.5) is 10.1 Å². The van der Waals surface area contributed by atoms with Gasteiger partial charge in [-0.3, -0.25) is 4.72 Å². The van der Waals surface area contributed by atoms with Gasteiger partial charge in [0, 0.05) is 0 Å². The highest BCUT2D eigenvalue weighted by atomic mass is 32.2. The van der Waals surface area contributed by atoms with Crippen molar-refractivity contribution in [2.45, 2.75) is 25.0 Å². The fourth-order valence-electron chi connectivity index (χ4n) is 1.32. The molecule has 0 bridgehead atoms. The predicted octanol–water partition coefficient (Wildman–Crippen LogP) is 2.04. The van der Waals surface area contributed by atoms with Crippen LogP contribution in [0.1, 0.15) is 18.4 Å². The van der Waals surface area contributed by atoms with Crippen molar-refractivity contribution in [3.63, 3.8) is 0 Å². The Balaban J connectivity index is 2.24. The van der Waals surface area contributed by atoms with Crippen LogP contribution in [0.5, 0.6) is 0 Å². The van der Waals surface area contributed by atoms with Crippen LogP contribution in [0, 0.1) is 12.7 Å². The second-order valence-corrected chi connectivity index (χ2v) is 5.79. The molecule has 0 atom stereocenters. The second kappa shape index (κ2) is 3.48. The van der Waals surface area contributed by atoms with Gasteiger partial charge in [-0.25, -0.2) is 12.8 Å². The second-order valence-electron chi connectivity index (χ2n) is 3.83. The Morgan fingerprint density at radius 3 is 2.60 bits per heavy atom. The molecular weight excluding hydrogens is 217 g/mol. The van der Waals surface area contributed by atoms with Gasteiger partial charge in [0.25, 0.3) is 0 Å². The average Bonchev–Trinajstić information content (AvgIpc) is 2.92. The van der Waals surface area contributed by atoms with Crippen molar-refractivity contribution in [3.05, 3.63) is 29.6 Å². The first kappa shape index (κ1) is 10.4. The van der Waals surface area contributed by atoms with Gasteiger partial charge in [0.2, 0.25) is 10.0 Å². The minimum Gasteiger partial charge on any atom is -0.280 e. The van der Waals surface area contributed by atoms with E-state index in [2.05, 4.69) is 4.72 Å². The minimum atomic E-state index is -3.37. The van der Waals surface area contributed by atoms with E-state index in [0.717, 1.165) is 5.56 Å². The topological polar surface area (TPSA) is 46.2 Å². The van der Waals surface area contributed by atoms with E-state index in [4.69, 9.17) is 0 Å². The van der Waals surface area contributed by atoms with Crippen LogP contribution in [0.15, 0.2) is 18.2 Å². The Kier molecular flexibility index (Phi) is 2.42. The van der Waals surface area contributed by atoms with Gasteiger partial charge >= 0.3 is 0 Å². The molecule has 15 heavy (non-hydrogen) atoms. The van der Waals surface area contributed by atoms with Gasteiger partial charge in [-0.1, -0.05) is 6.07 Å². The van der Waals surface area contributed by atoms with Gasteiger partial charge in [0.1, 0.15) is 5.82 Å². The summed E-state index contributed by atoms with van der Waals surface area (Å²) in [5, 5.41) is -0.335. The normalized spacial score (nSPS) is 16.4. The van der Waals surface area contributed by atoms with Crippen molar-refractivity contribution in [2.75, 3.05) is 4.72 Å². The number of aryl methyl sites for hydroxylation is 1. The van der Waals surface area contributed by atoms with Crippen LogP contribution in [-0.2, 0) is 10.0 Å². The van der Waals surface area contributed by atoms with E-state index in [-0.39, 0.29) is 10.9 Å². The van der Waals surface area contributed by atoms with E-state index in [1.165, 1.54) is 12.1 Å². The molecule has 1 fully saturated rings. The van der Waals surface area contributed by atoms with Gasteiger partial charge in [-0.05, 0) is 37.5 Å². The molecule has 0 unspecified atom stereocenters. The molecule has 1 aliphatic carbocycles. The van der Waals surface area contributed by atoms with Crippen LogP contribution < -0.4 is 4.72 Å². The number of hydrogen-bond donors (Lipinski definition) is 1. The Labute approximate surface area is 88.4 Å². The van der Waals surface area contributed by atoms with Gasteiger partial charge in [0.15, 0.2) is 0 Å². The standard InChI is InChI=1S/C10H12FNO2S/c1-7-2-5-10(9(11)6-7)12-15(13,14)8-3-4-8/h2,5-6,8,12H,3-4H2,1H3. The van der Waals surface area contributed by atoms with Gasteiger partial charge in [-0.15, -0.1) is 0 Å². The quantitative estimate of drug-likeness (QED) is 0.862. The first-order valence-corrected chi connectivity index (χ1v) is 6.31. The van der Waals surface area contributed by atoms with Crippen molar-refractivity contribution in [3.8, 4) is 0 Å². The molecule has 0 radical (unpaired) electrons. The van der Waals surface area contributed by atoms with Crippen LogP contribution in [0.3, 0.4) is 0 Å². The number of nitrogens with one attached hydrogen (secondary N) is 1. The summed E-state index contributed by atoms with van der Waals surface area (Å²) in [4.78, 5) is 0. The fraction of sp³-hybridized carbons (Fsp3) is 0.400. The lowest BCUT2D eigenvalue weighted by atomic mass is 10.2. The molecule has 1 aliphatic rings. The molecule has 1 N–H and O–H groups in total. The highest BCUT2D eigenvalue weighted by molar-refractivity contribution is 7.93. The van der Waals surface area contributed by atoms with E-state index in [9.17, 15) is 12.8 Å². The van der Waals surface area contributed by atoms with E-state index >= 15 is 0 Å². The van der Waals surface area contributed by atoms with Crippen LogP contribution in [-0.4, -0.2) is 13.7 Å².